The van der Waals surface area contributed by atoms with E-state index in [0.717, 1.165) is 12.3 Å². The maximum atomic E-state index is 4.50. The smallest absolute Gasteiger partial charge is 0.109 e. The number of aryl methyl sites for hydroxylation is 1. The molecule has 3 atom stereocenters. The third-order valence-electron chi connectivity index (χ3n) is 3.47. The summed E-state index contributed by atoms with van der Waals surface area (Å²) in [6.45, 7) is 6.78. The van der Waals surface area contributed by atoms with Crippen LogP contribution in [-0.2, 0) is 6.42 Å². The van der Waals surface area contributed by atoms with Crippen LogP contribution < -0.4 is 5.32 Å². The number of nitrogens with one attached hydrogen (secondary N) is 1. The highest BCUT2D eigenvalue weighted by Gasteiger charge is 2.23. The Hall–Kier alpha value is -0.410. The molecule has 0 bridgehead atoms. The Morgan fingerprint density at radius 2 is 2.38 bits per heavy atom. The summed E-state index contributed by atoms with van der Waals surface area (Å²) in [6, 6.07) is 1.12. The van der Waals surface area contributed by atoms with E-state index >= 15 is 0 Å². The molecule has 1 saturated carbocycles. The number of nitrogens with zero attached hydrogens (tertiary/aromatic N) is 1. The van der Waals surface area contributed by atoms with Crippen LogP contribution in [0.25, 0.3) is 0 Å². The lowest BCUT2D eigenvalue weighted by molar-refractivity contribution is 0.448. The lowest BCUT2D eigenvalue weighted by Crippen LogP contribution is -2.29. The van der Waals surface area contributed by atoms with Crippen molar-refractivity contribution in [3.05, 3.63) is 16.1 Å². The summed E-state index contributed by atoms with van der Waals surface area (Å²) in [5.74, 6) is 0.896. The molecule has 1 aliphatic carbocycles. The van der Waals surface area contributed by atoms with Crippen molar-refractivity contribution in [1.82, 2.24) is 10.3 Å². The van der Waals surface area contributed by atoms with E-state index in [0.29, 0.717) is 12.1 Å². The Morgan fingerprint density at radius 1 is 1.56 bits per heavy atom. The quantitative estimate of drug-likeness (QED) is 0.868. The van der Waals surface area contributed by atoms with Crippen molar-refractivity contribution in [2.75, 3.05) is 0 Å². The van der Waals surface area contributed by atoms with Gasteiger partial charge in [-0.1, -0.05) is 13.8 Å². The van der Waals surface area contributed by atoms with Crippen LogP contribution in [0, 0.1) is 5.92 Å². The standard InChI is InChI=1S/C13H22N2S/c1-4-12-8-14-13(16-12)10(3)15-11-6-5-9(2)7-11/h8-11,15H,4-7H2,1-3H3. The summed E-state index contributed by atoms with van der Waals surface area (Å²) in [6.07, 6.45) is 7.16. The molecule has 0 amide bonds. The molecule has 0 saturated heterocycles. The molecule has 1 aromatic heterocycles. The predicted molar refractivity (Wildman–Crippen MR) is 69.8 cm³/mol. The van der Waals surface area contributed by atoms with E-state index in [-0.39, 0.29) is 0 Å². The molecule has 0 radical (unpaired) electrons. The average Bonchev–Trinajstić information content (AvgIpc) is 2.87. The zero-order chi connectivity index (χ0) is 11.5. The first-order valence-corrected chi connectivity index (χ1v) is 7.21. The van der Waals surface area contributed by atoms with Crippen molar-refractivity contribution in [2.24, 2.45) is 5.92 Å². The number of thiazole rings is 1. The number of aromatic nitrogens is 1. The minimum Gasteiger partial charge on any atom is -0.305 e. The molecule has 0 spiro atoms. The second-order valence-corrected chi connectivity index (χ2v) is 6.17. The Balaban J connectivity index is 1.89. The Bertz CT molecular complexity index is 334. The molecule has 3 unspecified atom stereocenters. The Morgan fingerprint density at radius 3 is 2.94 bits per heavy atom. The van der Waals surface area contributed by atoms with Gasteiger partial charge >= 0.3 is 0 Å². The highest BCUT2D eigenvalue weighted by atomic mass is 32.1. The summed E-state index contributed by atoms with van der Waals surface area (Å²) in [7, 11) is 0. The molecule has 3 heteroatoms. The van der Waals surface area contributed by atoms with Crippen LogP contribution in [0.2, 0.25) is 0 Å². The van der Waals surface area contributed by atoms with Gasteiger partial charge in [-0.15, -0.1) is 11.3 Å². The van der Waals surface area contributed by atoms with Gasteiger partial charge in [0.25, 0.3) is 0 Å². The lowest BCUT2D eigenvalue weighted by Gasteiger charge is -2.17. The first kappa shape index (κ1) is 12.1. The van der Waals surface area contributed by atoms with Gasteiger partial charge in [0, 0.05) is 17.1 Å². The van der Waals surface area contributed by atoms with Gasteiger partial charge in [-0.2, -0.15) is 0 Å². The van der Waals surface area contributed by atoms with Gasteiger partial charge in [0.2, 0.25) is 0 Å². The zero-order valence-corrected chi connectivity index (χ0v) is 11.3. The molecule has 2 rings (SSSR count). The van der Waals surface area contributed by atoms with E-state index in [9.17, 15) is 0 Å². The highest BCUT2D eigenvalue weighted by Crippen LogP contribution is 2.28. The summed E-state index contributed by atoms with van der Waals surface area (Å²) in [5.41, 5.74) is 0. The summed E-state index contributed by atoms with van der Waals surface area (Å²) in [5, 5.41) is 4.96. The normalized spacial score (nSPS) is 27.2. The minimum absolute atomic E-state index is 0.417. The van der Waals surface area contributed by atoms with E-state index < -0.39 is 0 Å². The largest absolute Gasteiger partial charge is 0.305 e. The van der Waals surface area contributed by atoms with Crippen molar-refractivity contribution in [2.45, 2.75) is 58.5 Å². The van der Waals surface area contributed by atoms with E-state index in [1.54, 1.807) is 0 Å². The molecule has 1 heterocycles. The van der Waals surface area contributed by atoms with Crippen LogP contribution in [0.1, 0.15) is 56.0 Å². The topological polar surface area (TPSA) is 24.9 Å². The second kappa shape index (κ2) is 5.28. The van der Waals surface area contributed by atoms with Gasteiger partial charge in [-0.3, -0.25) is 0 Å². The first-order chi connectivity index (χ1) is 7.69. The third-order valence-corrected chi connectivity index (χ3v) is 4.80. The highest BCUT2D eigenvalue weighted by molar-refractivity contribution is 7.11. The summed E-state index contributed by atoms with van der Waals surface area (Å²) in [4.78, 5) is 5.90. The molecule has 2 nitrogen and oxygen atoms in total. The minimum atomic E-state index is 0.417. The van der Waals surface area contributed by atoms with Crippen molar-refractivity contribution in [1.29, 1.82) is 0 Å². The van der Waals surface area contributed by atoms with Crippen LogP contribution in [-0.4, -0.2) is 11.0 Å². The van der Waals surface area contributed by atoms with Gasteiger partial charge < -0.3 is 5.32 Å². The van der Waals surface area contributed by atoms with E-state index in [4.69, 9.17) is 0 Å². The van der Waals surface area contributed by atoms with Gasteiger partial charge in [0.1, 0.15) is 5.01 Å². The zero-order valence-electron chi connectivity index (χ0n) is 10.5. The van der Waals surface area contributed by atoms with Crippen LogP contribution in [0.5, 0.6) is 0 Å². The fourth-order valence-corrected chi connectivity index (χ4v) is 3.34. The molecule has 16 heavy (non-hydrogen) atoms. The van der Waals surface area contributed by atoms with Crippen LogP contribution in [0.4, 0.5) is 0 Å². The fraction of sp³-hybridized carbons (Fsp3) is 0.769. The van der Waals surface area contributed by atoms with E-state index in [2.05, 4.69) is 31.1 Å². The second-order valence-electron chi connectivity index (χ2n) is 5.02. The van der Waals surface area contributed by atoms with Crippen LogP contribution >= 0.6 is 11.3 Å². The van der Waals surface area contributed by atoms with Crippen molar-refractivity contribution < 1.29 is 0 Å². The molecular weight excluding hydrogens is 216 g/mol. The average molecular weight is 238 g/mol. The van der Waals surface area contributed by atoms with Crippen molar-refractivity contribution >= 4 is 11.3 Å². The van der Waals surface area contributed by atoms with Gasteiger partial charge in [0.15, 0.2) is 0 Å². The molecule has 0 aliphatic heterocycles. The van der Waals surface area contributed by atoms with Gasteiger partial charge in [-0.05, 0) is 38.5 Å². The van der Waals surface area contributed by atoms with E-state index in [1.807, 2.05) is 17.5 Å². The third kappa shape index (κ3) is 2.83. The molecule has 0 aromatic carbocycles. The van der Waals surface area contributed by atoms with Crippen LogP contribution in [0.3, 0.4) is 0 Å². The van der Waals surface area contributed by atoms with Gasteiger partial charge in [-0.25, -0.2) is 4.98 Å². The molecule has 1 N–H and O–H groups in total. The van der Waals surface area contributed by atoms with Gasteiger partial charge in [0.05, 0.1) is 6.04 Å². The maximum absolute atomic E-state index is 4.50. The fourth-order valence-electron chi connectivity index (χ4n) is 2.47. The first-order valence-electron chi connectivity index (χ1n) is 6.39. The van der Waals surface area contributed by atoms with Crippen molar-refractivity contribution in [3.63, 3.8) is 0 Å². The lowest BCUT2D eigenvalue weighted by atomic mass is 10.1. The molecule has 1 aromatic rings. The SMILES string of the molecule is CCc1cnc(C(C)NC2CCC(C)C2)s1. The summed E-state index contributed by atoms with van der Waals surface area (Å²) < 4.78 is 0. The number of rotatable bonds is 4. The van der Waals surface area contributed by atoms with E-state index in [1.165, 1.54) is 29.1 Å². The molecule has 90 valence electrons. The molecular formula is C13H22N2S. The molecule has 1 fully saturated rings. The number of hydrogen-bond donors (Lipinski definition) is 1. The Kier molecular flexibility index (Phi) is 3.98. The van der Waals surface area contributed by atoms with Crippen molar-refractivity contribution in [3.8, 4) is 0 Å². The predicted octanol–water partition coefficient (Wildman–Crippen LogP) is 3.54. The monoisotopic (exact) mass is 238 g/mol. The Labute approximate surface area is 102 Å². The number of hydrogen-bond acceptors (Lipinski definition) is 3. The molecule has 1 aliphatic rings. The van der Waals surface area contributed by atoms with Crippen LogP contribution in [0.15, 0.2) is 6.20 Å². The summed E-state index contributed by atoms with van der Waals surface area (Å²) >= 11 is 1.85. The maximum Gasteiger partial charge on any atom is 0.109 e.